The van der Waals surface area contributed by atoms with E-state index in [0.29, 0.717) is 0 Å². The molecule has 1 aliphatic rings. The van der Waals surface area contributed by atoms with Gasteiger partial charge in [0.2, 0.25) is 5.91 Å². The van der Waals surface area contributed by atoms with Gasteiger partial charge in [-0.05, 0) is 6.07 Å². The van der Waals surface area contributed by atoms with Crippen LogP contribution >= 0.6 is 34.8 Å². The molecule has 2 rings (SSSR count). The summed E-state index contributed by atoms with van der Waals surface area (Å²) in [7, 11) is 0. The van der Waals surface area contributed by atoms with Crippen LogP contribution in [0.4, 0.5) is 0 Å². The van der Waals surface area contributed by atoms with Crippen molar-refractivity contribution in [2.75, 3.05) is 0 Å². The Labute approximate surface area is 112 Å². The zero-order valence-electron chi connectivity index (χ0n) is 8.63. The molecular formula is C10H8Cl3NO3. The molecule has 1 aromatic rings. The van der Waals surface area contributed by atoms with Crippen LogP contribution < -0.4 is 5.32 Å². The molecule has 2 unspecified atom stereocenters. The molecule has 4 nitrogen and oxygen atoms in total. The van der Waals surface area contributed by atoms with Crippen molar-refractivity contribution >= 4 is 40.7 Å². The van der Waals surface area contributed by atoms with E-state index in [9.17, 15) is 9.90 Å². The summed E-state index contributed by atoms with van der Waals surface area (Å²) in [5, 5.41) is 8.56. The number of hydrogen-bond donors (Lipinski definition) is 2. The smallest absolute Gasteiger partial charge is 0.277 e. The minimum atomic E-state index is -2.12. The van der Waals surface area contributed by atoms with Crippen LogP contribution in [0.3, 0.4) is 0 Å². The van der Waals surface area contributed by atoms with E-state index in [1.54, 1.807) is 12.1 Å². The molecule has 0 fully saturated rings. The number of rotatable bonds is 1. The first-order valence-electron chi connectivity index (χ1n) is 4.65. The monoisotopic (exact) mass is 295 g/mol. The van der Waals surface area contributed by atoms with Crippen molar-refractivity contribution in [1.82, 2.24) is 5.32 Å². The first-order chi connectivity index (χ1) is 7.76. The van der Waals surface area contributed by atoms with E-state index in [1.165, 1.54) is 13.0 Å². The van der Waals surface area contributed by atoms with Crippen molar-refractivity contribution in [3.05, 3.63) is 34.3 Å². The van der Waals surface area contributed by atoms with Gasteiger partial charge in [-0.15, -0.1) is 0 Å². The van der Waals surface area contributed by atoms with E-state index in [-0.39, 0.29) is 16.1 Å². The number of halogens is 3. The Morgan fingerprint density at radius 1 is 1.47 bits per heavy atom. The largest absolute Gasteiger partial charge is 0.349 e. The fourth-order valence-corrected chi connectivity index (χ4v) is 2.83. The predicted octanol–water partition coefficient (Wildman–Crippen LogP) is 2.20. The molecule has 2 atom stereocenters. The van der Waals surface area contributed by atoms with Crippen LogP contribution in [-0.4, -0.2) is 11.0 Å². The molecule has 0 spiro atoms. The third kappa shape index (κ3) is 2.11. The minimum Gasteiger partial charge on any atom is -0.349 e. The Morgan fingerprint density at radius 2 is 2.12 bits per heavy atom. The molecular weight excluding hydrogens is 288 g/mol. The first kappa shape index (κ1) is 12.9. The van der Waals surface area contributed by atoms with Gasteiger partial charge in [0.1, 0.15) is 0 Å². The fourth-order valence-electron chi connectivity index (χ4n) is 1.71. The highest BCUT2D eigenvalue weighted by Gasteiger charge is 2.53. The average Bonchev–Trinajstić information content (AvgIpc) is 2.33. The SMILES string of the molecule is CC(=O)NC1(Cl)OC(O)(Cl)c2cccc(Cl)c21. The zero-order chi connectivity index (χ0) is 12.8. The van der Waals surface area contributed by atoms with E-state index < -0.39 is 16.3 Å². The van der Waals surface area contributed by atoms with Gasteiger partial charge in [0.05, 0.1) is 5.02 Å². The lowest BCUT2D eigenvalue weighted by molar-refractivity contribution is -0.186. The van der Waals surface area contributed by atoms with E-state index in [1.807, 2.05) is 0 Å². The van der Waals surface area contributed by atoms with Crippen LogP contribution in [-0.2, 0) is 20.0 Å². The summed E-state index contributed by atoms with van der Waals surface area (Å²) in [5.74, 6) is -0.444. The van der Waals surface area contributed by atoms with Gasteiger partial charge in [-0.3, -0.25) is 9.53 Å². The molecule has 2 N–H and O–H groups in total. The second-order valence-electron chi connectivity index (χ2n) is 3.60. The molecule has 1 aliphatic heterocycles. The number of amides is 1. The summed E-state index contributed by atoms with van der Waals surface area (Å²) in [6.07, 6.45) is 0. The van der Waals surface area contributed by atoms with Crippen molar-refractivity contribution in [2.45, 2.75) is 17.4 Å². The molecule has 1 aromatic carbocycles. The van der Waals surface area contributed by atoms with Gasteiger partial charge in [-0.2, -0.15) is 0 Å². The Hall–Kier alpha value is -0.520. The third-order valence-corrected chi connectivity index (χ3v) is 3.24. The van der Waals surface area contributed by atoms with Crippen LogP contribution in [0.25, 0.3) is 0 Å². The van der Waals surface area contributed by atoms with Gasteiger partial charge in [0, 0.05) is 18.1 Å². The molecule has 1 heterocycles. The average molecular weight is 297 g/mol. The number of carbonyl (C=O) groups excluding carboxylic acids is 1. The minimum absolute atomic E-state index is 0.204. The predicted molar refractivity (Wildman–Crippen MR) is 63.6 cm³/mol. The van der Waals surface area contributed by atoms with Crippen LogP contribution in [0.15, 0.2) is 18.2 Å². The van der Waals surface area contributed by atoms with Crippen LogP contribution in [0.5, 0.6) is 0 Å². The summed E-state index contributed by atoms with van der Waals surface area (Å²) in [6.45, 7) is 1.26. The van der Waals surface area contributed by atoms with Crippen molar-refractivity contribution in [2.24, 2.45) is 0 Å². The van der Waals surface area contributed by atoms with Crippen molar-refractivity contribution < 1.29 is 14.6 Å². The Balaban J connectivity index is 2.60. The molecule has 92 valence electrons. The highest BCUT2D eigenvalue weighted by Crippen LogP contribution is 2.51. The van der Waals surface area contributed by atoms with Gasteiger partial charge in [-0.1, -0.05) is 46.9 Å². The number of fused-ring (bicyclic) bond motifs is 1. The summed E-state index contributed by atoms with van der Waals surface area (Å²) in [5.41, 5.74) is 0.437. The Bertz CT molecular complexity index is 492. The lowest BCUT2D eigenvalue weighted by Crippen LogP contribution is -2.41. The molecule has 1 amide bonds. The van der Waals surface area contributed by atoms with Gasteiger partial charge in [0.15, 0.2) is 0 Å². The molecule has 0 saturated carbocycles. The number of benzene rings is 1. The Morgan fingerprint density at radius 3 is 2.71 bits per heavy atom. The highest BCUT2D eigenvalue weighted by atomic mass is 35.5. The maximum atomic E-state index is 11.1. The van der Waals surface area contributed by atoms with Crippen molar-refractivity contribution in [1.29, 1.82) is 0 Å². The van der Waals surface area contributed by atoms with Gasteiger partial charge in [-0.25, -0.2) is 0 Å². The zero-order valence-corrected chi connectivity index (χ0v) is 10.9. The van der Waals surface area contributed by atoms with Crippen molar-refractivity contribution in [3.8, 4) is 0 Å². The normalized spacial score (nSPS) is 31.1. The standard InChI is InChI=1S/C10H8Cl3NO3/c1-5(15)14-9(12)8-6(10(13,16)17-9)3-2-4-7(8)11/h2-4,16H,1H3,(H,14,15). The fraction of sp³-hybridized carbons (Fsp3) is 0.300. The molecule has 7 heteroatoms. The number of alkyl halides is 2. The quantitative estimate of drug-likeness (QED) is 0.617. The number of aliphatic hydroxyl groups is 1. The highest BCUT2D eigenvalue weighted by molar-refractivity contribution is 6.34. The number of ether oxygens (including phenoxy) is 1. The third-order valence-electron chi connectivity index (χ3n) is 2.28. The second-order valence-corrected chi connectivity index (χ2v) is 5.05. The van der Waals surface area contributed by atoms with Crippen LogP contribution in [0.2, 0.25) is 5.02 Å². The molecule has 0 bridgehead atoms. The lowest BCUT2D eigenvalue weighted by Gasteiger charge is -2.24. The molecule has 0 saturated heterocycles. The van der Waals surface area contributed by atoms with Gasteiger partial charge >= 0.3 is 0 Å². The number of hydrogen-bond acceptors (Lipinski definition) is 3. The van der Waals surface area contributed by atoms with E-state index in [2.05, 4.69) is 5.32 Å². The summed E-state index contributed by atoms with van der Waals surface area (Å²) < 4.78 is 5.07. The van der Waals surface area contributed by atoms with E-state index in [4.69, 9.17) is 39.5 Å². The van der Waals surface area contributed by atoms with Crippen molar-refractivity contribution in [3.63, 3.8) is 0 Å². The van der Waals surface area contributed by atoms with E-state index in [0.717, 1.165) is 0 Å². The van der Waals surface area contributed by atoms with Gasteiger partial charge in [0.25, 0.3) is 10.4 Å². The molecule has 17 heavy (non-hydrogen) atoms. The number of nitrogens with one attached hydrogen (secondary N) is 1. The van der Waals surface area contributed by atoms with Crippen LogP contribution in [0.1, 0.15) is 18.1 Å². The topological polar surface area (TPSA) is 58.6 Å². The summed E-state index contributed by atoms with van der Waals surface area (Å²) >= 11 is 17.9. The molecule has 0 aliphatic carbocycles. The molecule has 0 aromatic heterocycles. The van der Waals surface area contributed by atoms with E-state index >= 15 is 0 Å². The first-order valence-corrected chi connectivity index (χ1v) is 5.78. The van der Waals surface area contributed by atoms with Crippen LogP contribution in [0, 0.1) is 0 Å². The lowest BCUT2D eigenvalue weighted by atomic mass is 10.1. The second kappa shape index (κ2) is 4.00. The Kier molecular flexibility index (Phi) is 3.04. The maximum absolute atomic E-state index is 11.1. The molecule has 0 radical (unpaired) electrons. The number of carbonyl (C=O) groups is 1. The summed E-state index contributed by atoms with van der Waals surface area (Å²) in [4.78, 5) is 11.1. The van der Waals surface area contributed by atoms with Gasteiger partial charge < -0.3 is 10.4 Å². The maximum Gasteiger partial charge on any atom is 0.277 e. The summed E-state index contributed by atoms with van der Waals surface area (Å²) in [6, 6.07) is 4.66.